The van der Waals surface area contributed by atoms with Gasteiger partial charge >= 0.3 is 11.7 Å². The number of esters is 1. The van der Waals surface area contributed by atoms with Gasteiger partial charge < -0.3 is 10.1 Å². The maximum Gasteiger partial charge on any atom is 0.330 e. The van der Waals surface area contributed by atoms with Crippen molar-refractivity contribution in [3.05, 3.63) is 57.4 Å². The fourth-order valence-corrected chi connectivity index (χ4v) is 2.47. The van der Waals surface area contributed by atoms with Crippen LogP contribution in [0.3, 0.4) is 0 Å². The second-order valence-electron chi connectivity index (χ2n) is 5.69. The Bertz CT molecular complexity index is 884. The topological polar surface area (TPSA) is 116 Å². The third-order valence-corrected chi connectivity index (χ3v) is 3.71. The Morgan fingerprint density at radius 3 is 2.52 bits per heavy atom. The van der Waals surface area contributed by atoms with E-state index in [1.54, 1.807) is 44.2 Å². The first-order valence-corrected chi connectivity index (χ1v) is 8.25. The number of anilines is 1. The van der Waals surface area contributed by atoms with E-state index in [-0.39, 0.29) is 23.8 Å². The molecule has 0 radical (unpaired) electrons. The van der Waals surface area contributed by atoms with Crippen LogP contribution in [0.1, 0.15) is 23.9 Å². The lowest BCUT2D eigenvalue weighted by Gasteiger charge is -2.07. The molecule has 0 spiro atoms. The van der Waals surface area contributed by atoms with Crippen LogP contribution in [0.15, 0.2) is 30.3 Å². The van der Waals surface area contributed by atoms with Crippen LogP contribution in [0.25, 0.3) is 6.08 Å². The minimum absolute atomic E-state index is 0.0828. The first-order valence-electron chi connectivity index (χ1n) is 8.25. The van der Waals surface area contributed by atoms with Gasteiger partial charge in [0.05, 0.1) is 11.5 Å². The Balaban J connectivity index is 1.99. The number of aryl methyl sites for hydroxylation is 1. The zero-order valence-electron chi connectivity index (χ0n) is 15.3. The summed E-state index contributed by atoms with van der Waals surface area (Å²) in [7, 11) is 0. The molecule has 0 atom stereocenters. The third kappa shape index (κ3) is 5.24. The van der Waals surface area contributed by atoms with Crippen molar-refractivity contribution in [2.45, 2.75) is 27.3 Å². The summed E-state index contributed by atoms with van der Waals surface area (Å²) in [6.45, 7) is 4.99. The van der Waals surface area contributed by atoms with Gasteiger partial charge in [-0.3, -0.25) is 19.6 Å². The number of carbonyl (C=O) groups is 2. The third-order valence-electron chi connectivity index (χ3n) is 3.71. The van der Waals surface area contributed by atoms with E-state index in [4.69, 9.17) is 4.74 Å². The van der Waals surface area contributed by atoms with E-state index in [9.17, 15) is 19.7 Å². The summed E-state index contributed by atoms with van der Waals surface area (Å²) in [6, 6.07) is 6.84. The molecule has 1 amide bonds. The van der Waals surface area contributed by atoms with Crippen LogP contribution >= 0.6 is 0 Å². The van der Waals surface area contributed by atoms with E-state index >= 15 is 0 Å². The van der Waals surface area contributed by atoms with Crippen LogP contribution in [0.5, 0.6) is 0 Å². The summed E-state index contributed by atoms with van der Waals surface area (Å²) in [5, 5.41) is 17.8. The summed E-state index contributed by atoms with van der Waals surface area (Å²) >= 11 is 0. The number of hydrogen-bond acceptors (Lipinski definition) is 6. The van der Waals surface area contributed by atoms with Crippen molar-refractivity contribution in [1.29, 1.82) is 0 Å². The van der Waals surface area contributed by atoms with Crippen molar-refractivity contribution < 1.29 is 19.2 Å². The number of carbonyl (C=O) groups excluding carboxylic acids is 2. The smallest absolute Gasteiger partial charge is 0.330 e. The molecule has 2 rings (SSSR count). The maximum atomic E-state index is 12.2. The van der Waals surface area contributed by atoms with Gasteiger partial charge in [-0.05, 0) is 44.5 Å². The molecular weight excluding hydrogens is 352 g/mol. The predicted octanol–water partition coefficient (Wildman–Crippen LogP) is 2.62. The van der Waals surface area contributed by atoms with Gasteiger partial charge in [-0.25, -0.2) is 4.79 Å². The van der Waals surface area contributed by atoms with Crippen LogP contribution in [0, 0.1) is 24.0 Å². The SMILES string of the molecule is CCOC(=O)/C=C/c1ccc(NC(=O)Cn2nc(C)c([N+](=O)[O-])c2C)cc1. The van der Waals surface area contributed by atoms with E-state index in [1.165, 1.54) is 17.7 Å². The maximum absolute atomic E-state index is 12.2. The molecule has 27 heavy (non-hydrogen) atoms. The zero-order valence-corrected chi connectivity index (χ0v) is 15.3. The lowest BCUT2D eigenvalue weighted by molar-refractivity contribution is -0.386. The van der Waals surface area contributed by atoms with Crippen molar-refractivity contribution in [3.63, 3.8) is 0 Å². The fourth-order valence-electron chi connectivity index (χ4n) is 2.47. The van der Waals surface area contributed by atoms with Crippen LogP contribution in [-0.2, 0) is 20.9 Å². The van der Waals surface area contributed by atoms with Gasteiger partial charge in [0, 0.05) is 11.8 Å². The van der Waals surface area contributed by atoms with Gasteiger partial charge in [-0.1, -0.05) is 12.1 Å². The zero-order chi connectivity index (χ0) is 20.0. The molecule has 0 saturated heterocycles. The van der Waals surface area contributed by atoms with Crippen LogP contribution in [-0.4, -0.2) is 33.2 Å². The summed E-state index contributed by atoms with van der Waals surface area (Å²) in [5.41, 5.74) is 1.84. The van der Waals surface area contributed by atoms with E-state index < -0.39 is 10.9 Å². The molecule has 9 heteroatoms. The highest BCUT2D eigenvalue weighted by atomic mass is 16.6. The molecule has 0 saturated carbocycles. The van der Waals surface area contributed by atoms with Gasteiger partial charge in [0.2, 0.25) is 5.91 Å². The number of rotatable bonds is 7. The van der Waals surface area contributed by atoms with E-state index in [0.717, 1.165) is 5.56 Å². The number of hydrogen-bond donors (Lipinski definition) is 1. The van der Waals surface area contributed by atoms with Crippen LogP contribution < -0.4 is 5.32 Å². The lowest BCUT2D eigenvalue weighted by atomic mass is 10.2. The Labute approximate surface area is 155 Å². The van der Waals surface area contributed by atoms with Crippen molar-refractivity contribution in [1.82, 2.24) is 9.78 Å². The molecule has 1 aromatic heterocycles. The van der Waals surface area contributed by atoms with Crippen LogP contribution in [0.4, 0.5) is 11.4 Å². The molecule has 0 aliphatic carbocycles. The highest BCUT2D eigenvalue weighted by Gasteiger charge is 2.22. The molecule has 1 heterocycles. The Morgan fingerprint density at radius 1 is 1.30 bits per heavy atom. The number of ether oxygens (including phenoxy) is 1. The standard InChI is InChI=1S/C18H20N4O5/c1-4-27-17(24)10-7-14-5-8-15(9-6-14)19-16(23)11-21-13(3)18(22(25)26)12(2)20-21/h5-10H,4,11H2,1-3H3,(H,19,23)/b10-7+. The molecule has 0 bridgehead atoms. The van der Waals surface area contributed by atoms with Crippen molar-refractivity contribution >= 4 is 29.3 Å². The minimum atomic E-state index is -0.505. The van der Waals surface area contributed by atoms with Gasteiger partial charge in [-0.2, -0.15) is 5.10 Å². The van der Waals surface area contributed by atoms with Crippen molar-refractivity contribution in [2.24, 2.45) is 0 Å². The average Bonchev–Trinajstić information content (AvgIpc) is 2.88. The number of aromatic nitrogens is 2. The molecular formula is C18H20N4O5. The molecule has 0 aliphatic rings. The number of benzene rings is 1. The first kappa shape index (κ1) is 19.8. The Hall–Kier alpha value is -3.49. The second kappa shape index (κ2) is 8.75. The van der Waals surface area contributed by atoms with Crippen molar-refractivity contribution in [2.75, 3.05) is 11.9 Å². The van der Waals surface area contributed by atoms with Gasteiger partial charge in [0.25, 0.3) is 0 Å². The number of nitrogens with zero attached hydrogens (tertiary/aromatic N) is 3. The van der Waals surface area contributed by atoms with Crippen LogP contribution in [0.2, 0.25) is 0 Å². The fraction of sp³-hybridized carbons (Fsp3) is 0.278. The Morgan fingerprint density at radius 2 is 1.96 bits per heavy atom. The Kier molecular flexibility index (Phi) is 6.42. The highest BCUT2D eigenvalue weighted by Crippen LogP contribution is 2.21. The molecule has 2 aromatic rings. The van der Waals surface area contributed by atoms with E-state index in [2.05, 4.69) is 10.4 Å². The molecule has 1 N–H and O–H groups in total. The summed E-state index contributed by atoms with van der Waals surface area (Å²) < 4.78 is 6.10. The molecule has 9 nitrogen and oxygen atoms in total. The predicted molar refractivity (Wildman–Crippen MR) is 99.1 cm³/mol. The number of nitrogens with one attached hydrogen (secondary N) is 1. The monoisotopic (exact) mass is 372 g/mol. The highest BCUT2D eigenvalue weighted by molar-refractivity contribution is 5.91. The second-order valence-corrected chi connectivity index (χ2v) is 5.69. The molecule has 142 valence electrons. The normalized spacial score (nSPS) is 10.8. The average molecular weight is 372 g/mol. The molecule has 0 aliphatic heterocycles. The molecule has 1 aromatic carbocycles. The number of nitro groups is 1. The molecule has 0 unspecified atom stereocenters. The summed E-state index contributed by atoms with van der Waals surface area (Å²) in [5.74, 6) is -0.779. The summed E-state index contributed by atoms with van der Waals surface area (Å²) in [6.07, 6.45) is 2.94. The van der Waals surface area contributed by atoms with Gasteiger partial charge in [-0.15, -0.1) is 0 Å². The first-order chi connectivity index (χ1) is 12.8. The number of amides is 1. The quantitative estimate of drug-likeness (QED) is 0.346. The molecule has 0 fully saturated rings. The largest absolute Gasteiger partial charge is 0.463 e. The van der Waals surface area contributed by atoms with Gasteiger partial charge in [0.1, 0.15) is 17.9 Å². The lowest BCUT2D eigenvalue weighted by Crippen LogP contribution is -2.20. The van der Waals surface area contributed by atoms with E-state index in [0.29, 0.717) is 18.0 Å². The summed E-state index contributed by atoms with van der Waals surface area (Å²) in [4.78, 5) is 34.0. The van der Waals surface area contributed by atoms with Crippen molar-refractivity contribution in [3.8, 4) is 0 Å². The van der Waals surface area contributed by atoms with Gasteiger partial charge in [0.15, 0.2) is 0 Å². The van der Waals surface area contributed by atoms with E-state index in [1.807, 2.05) is 0 Å². The minimum Gasteiger partial charge on any atom is -0.463 e.